The van der Waals surface area contributed by atoms with Gasteiger partial charge in [-0.25, -0.2) is 4.68 Å². The second-order valence-electron chi connectivity index (χ2n) is 9.33. The molecule has 0 aliphatic carbocycles. The maximum atomic E-state index is 12.2. The molecule has 1 amide bonds. The van der Waals surface area contributed by atoms with Crippen LogP contribution in [0.2, 0.25) is 25.7 Å². The van der Waals surface area contributed by atoms with Gasteiger partial charge < -0.3 is 10.1 Å². The molecule has 0 radical (unpaired) electrons. The maximum Gasteiger partial charge on any atom is 0.225 e. The molecule has 0 saturated heterocycles. The summed E-state index contributed by atoms with van der Waals surface area (Å²) in [7, 11) is -1.14. The Kier molecular flexibility index (Phi) is 8.04. The molecule has 0 bridgehead atoms. The molecule has 5 nitrogen and oxygen atoms in total. The summed E-state index contributed by atoms with van der Waals surface area (Å²) in [5, 5.41) is 8.61. The predicted molar refractivity (Wildman–Crippen MR) is 131 cm³/mol. The highest BCUT2D eigenvalue weighted by Crippen LogP contribution is 2.25. The number of carbonyl (C=O) groups is 1. The van der Waals surface area contributed by atoms with Gasteiger partial charge in [-0.2, -0.15) is 5.10 Å². The normalized spacial score (nSPS) is 11.7. The number of aryl methyl sites for hydroxylation is 2. The minimum atomic E-state index is -1.14. The first kappa shape index (κ1) is 23.2. The van der Waals surface area contributed by atoms with Crippen LogP contribution in [0.25, 0.3) is 10.9 Å². The molecule has 0 saturated carbocycles. The number of nitrogens with zero attached hydrogens (tertiary/aromatic N) is 2. The third-order valence-corrected chi connectivity index (χ3v) is 7.01. The van der Waals surface area contributed by atoms with E-state index in [1.807, 2.05) is 17.7 Å². The molecule has 0 aliphatic rings. The van der Waals surface area contributed by atoms with Gasteiger partial charge in [0.25, 0.3) is 0 Å². The van der Waals surface area contributed by atoms with E-state index in [1.165, 1.54) is 11.1 Å². The number of anilines is 1. The highest BCUT2D eigenvalue weighted by atomic mass is 28.3. The van der Waals surface area contributed by atoms with Crippen molar-refractivity contribution in [2.75, 3.05) is 11.9 Å². The summed E-state index contributed by atoms with van der Waals surface area (Å²) in [6, 6.07) is 18.0. The molecule has 3 aromatic rings. The van der Waals surface area contributed by atoms with Gasteiger partial charge in [-0.15, -0.1) is 0 Å². The van der Waals surface area contributed by atoms with Crippen LogP contribution in [0.15, 0.2) is 48.5 Å². The molecule has 1 heterocycles. The Morgan fingerprint density at radius 1 is 1.06 bits per heavy atom. The van der Waals surface area contributed by atoms with Gasteiger partial charge in [-0.05, 0) is 48.6 Å². The first-order valence-corrected chi connectivity index (χ1v) is 15.0. The number of aromatic nitrogens is 2. The summed E-state index contributed by atoms with van der Waals surface area (Å²) in [5.41, 5.74) is 3.59. The van der Waals surface area contributed by atoms with Crippen molar-refractivity contribution in [2.24, 2.45) is 0 Å². The zero-order valence-electron chi connectivity index (χ0n) is 19.3. The molecule has 0 fully saturated rings. The monoisotopic (exact) mass is 437 g/mol. The van der Waals surface area contributed by atoms with Crippen molar-refractivity contribution in [3.05, 3.63) is 59.7 Å². The van der Waals surface area contributed by atoms with Crippen LogP contribution in [0, 0.1) is 0 Å². The molecule has 0 spiro atoms. The smallest absolute Gasteiger partial charge is 0.225 e. The summed E-state index contributed by atoms with van der Waals surface area (Å²) >= 11 is 0. The number of carbonyl (C=O) groups excluding carboxylic acids is 1. The van der Waals surface area contributed by atoms with E-state index >= 15 is 0 Å². The van der Waals surface area contributed by atoms with E-state index in [1.54, 1.807) is 0 Å². The molecule has 1 N–H and O–H groups in total. The number of ether oxygens (including phenoxy) is 1. The highest BCUT2D eigenvalue weighted by molar-refractivity contribution is 6.76. The molecule has 166 valence electrons. The fourth-order valence-electron chi connectivity index (χ4n) is 3.45. The molecule has 0 unspecified atom stereocenters. The van der Waals surface area contributed by atoms with E-state index in [-0.39, 0.29) is 5.91 Å². The van der Waals surface area contributed by atoms with E-state index in [9.17, 15) is 4.79 Å². The molecule has 0 atom stereocenters. The second-order valence-corrected chi connectivity index (χ2v) is 15.0. The van der Waals surface area contributed by atoms with Crippen LogP contribution in [0.1, 0.15) is 30.9 Å². The number of hydrogen-bond acceptors (Lipinski definition) is 3. The molecule has 3 rings (SSSR count). The number of nitrogens with one attached hydrogen (secondary N) is 1. The molecule has 0 aliphatic heterocycles. The standard InChI is InChI=1S/C25H35N3O2Si/c1-5-9-24(29)26-25-22-15-14-21(13-12-20-10-7-6-8-11-20)18-23(22)28(27-25)19-30-16-17-31(2,3)4/h6-8,10-11,14-15,18H,5,9,12-13,16-17,19H2,1-4H3,(H,26,27,29). The first-order chi connectivity index (χ1) is 14.9. The van der Waals surface area contributed by atoms with Crippen LogP contribution in [-0.4, -0.2) is 30.4 Å². The summed E-state index contributed by atoms with van der Waals surface area (Å²) in [5.74, 6) is 0.624. The van der Waals surface area contributed by atoms with E-state index in [4.69, 9.17) is 4.74 Å². The molecular weight excluding hydrogens is 402 g/mol. The van der Waals surface area contributed by atoms with E-state index < -0.39 is 8.07 Å². The average Bonchev–Trinajstić information content (AvgIpc) is 3.06. The summed E-state index contributed by atoms with van der Waals surface area (Å²) in [4.78, 5) is 12.2. The van der Waals surface area contributed by atoms with Gasteiger partial charge in [0.15, 0.2) is 5.82 Å². The molecule has 6 heteroatoms. The van der Waals surface area contributed by atoms with Crippen molar-refractivity contribution in [1.29, 1.82) is 0 Å². The first-order valence-electron chi connectivity index (χ1n) is 11.3. The summed E-state index contributed by atoms with van der Waals surface area (Å²) < 4.78 is 7.84. The minimum Gasteiger partial charge on any atom is -0.360 e. The molecule has 2 aromatic carbocycles. The van der Waals surface area contributed by atoms with Crippen LogP contribution in [0.5, 0.6) is 0 Å². The topological polar surface area (TPSA) is 56.2 Å². The van der Waals surface area contributed by atoms with Crippen molar-refractivity contribution in [2.45, 2.75) is 65.0 Å². The fourth-order valence-corrected chi connectivity index (χ4v) is 4.21. The lowest BCUT2D eigenvalue weighted by Crippen LogP contribution is -2.22. The van der Waals surface area contributed by atoms with Gasteiger partial charge in [0, 0.05) is 26.5 Å². The van der Waals surface area contributed by atoms with Gasteiger partial charge >= 0.3 is 0 Å². The van der Waals surface area contributed by atoms with E-state index in [0.717, 1.165) is 42.8 Å². The largest absolute Gasteiger partial charge is 0.360 e. The van der Waals surface area contributed by atoms with Gasteiger partial charge in [-0.3, -0.25) is 4.79 Å². The van der Waals surface area contributed by atoms with Crippen molar-refractivity contribution < 1.29 is 9.53 Å². The van der Waals surface area contributed by atoms with Gasteiger partial charge in [-0.1, -0.05) is 63.0 Å². The Morgan fingerprint density at radius 3 is 2.52 bits per heavy atom. The van der Waals surface area contributed by atoms with Crippen LogP contribution in [0.3, 0.4) is 0 Å². The quantitative estimate of drug-likeness (QED) is 0.301. The number of amides is 1. The predicted octanol–water partition coefficient (Wildman–Crippen LogP) is 5.87. The summed E-state index contributed by atoms with van der Waals surface area (Å²) in [6.45, 7) is 10.2. The van der Waals surface area contributed by atoms with Crippen molar-refractivity contribution >= 4 is 30.7 Å². The number of benzene rings is 2. The summed E-state index contributed by atoms with van der Waals surface area (Å²) in [6.07, 6.45) is 3.26. The lowest BCUT2D eigenvalue weighted by atomic mass is 10.0. The van der Waals surface area contributed by atoms with E-state index in [0.29, 0.717) is 19.0 Å². The average molecular weight is 438 g/mol. The zero-order chi connectivity index (χ0) is 22.3. The van der Waals surface area contributed by atoms with Gasteiger partial charge in [0.2, 0.25) is 5.91 Å². The third kappa shape index (κ3) is 7.04. The third-order valence-electron chi connectivity index (χ3n) is 5.31. The fraction of sp³-hybridized carbons (Fsp3) is 0.440. The Hall–Kier alpha value is -2.44. The minimum absolute atomic E-state index is 0.00172. The number of rotatable bonds is 11. The number of hydrogen-bond donors (Lipinski definition) is 1. The second kappa shape index (κ2) is 10.7. The van der Waals surface area contributed by atoms with Crippen molar-refractivity contribution in [3.8, 4) is 0 Å². The highest BCUT2D eigenvalue weighted by Gasteiger charge is 2.15. The Balaban J connectivity index is 1.79. The van der Waals surface area contributed by atoms with Crippen LogP contribution in [0.4, 0.5) is 5.82 Å². The zero-order valence-corrected chi connectivity index (χ0v) is 20.3. The lowest BCUT2D eigenvalue weighted by molar-refractivity contribution is -0.116. The molecule has 31 heavy (non-hydrogen) atoms. The Morgan fingerprint density at radius 2 is 1.81 bits per heavy atom. The van der Waals surface area contributed by atoms with E-state index in [2.05, 4.69) is 72.5 Å². The lowest BCUT2D eigenvalue weighted by Gasteiger charge is -2.15. The molecule has 1 aromatic heterocycles. The Labute approximate surface area is 186 Å². The van der Waals surface area contributed by atoms with Crippen molar-refractivity contribution in [3.63, 3.8) is 0 Å². The van der Waals surface area contributed by atoms with Gasteiger partial charge in [0.05, 0.1) is 5.52 Å². The Bertz CT molecular complexity index is 993. The SMILES string of the molecule is CCCC(=O)Nc1nn(COCC[Si](C)(C)C)c2cc(CCc3ccccc3)ccc12. The number of fused-ring (bicyclic) bond motifs is 1. The van der Waals surface area contributed by atoms with Crippen LogP contribution < -0.4 is 5.32 Å². The van der Waals surface area contributed by atoms with Crippen molar-refractivity contribution in [1.82, 2.24) is 9.78 Å². The maximum absolute atomic E-state index is 12.2. The van der Waals surface area contributed by atoms with Gasteiger partial charge in [0.1, 0.15) is 6.73 Å². The van der Waals surface area contributed by atoms with Crippen LogP contribution >= 0.6 is 0 Å². The molecular formula is C25H35N3O2Si. The van der Waals surface area contributed by atoms with Crippen LogP contribution in [-0.2, 0) is 29.1 Å².